The molecule has 1 saturated carbocycles. The predicted octanol–water partition coefficient (Wildman–Crippen LogP) is 3.62. The number of benzene rings is 1. The molecule has 3 N–H and O–H groups in total. The number of halogens is 1. The van der Waals surface area contributed by atoms with Crippen LogP contribution in [0.25, 0.3) is 10.9 Å². The van der Waals surface area contributed by atoms with Gasteiger partial charge in [0.05, 0.1) is 6.10 Å². The molecule has 2 fully saturated rings. The summed E-state index contributed by atoms with van der Waals surface area (Å²) in [5.41, 5.74) is 4.01. The van der Waals surface area contributed by atoms with Crippen LogP contribution >= 0.6 is 24.0 Å². The fraction of sp³-hybridized carbons (Fsp3) is 0.571. The molecule has 1 saturated heterocycles. The maximum absolute atomic E-state index is 5.89. The topological polar surface area (TPSA) is 61.4 Å². The minimum atomic E-state index is 0. The molecule has 3 unspecified atom stereocenters. The molecule has 2 aliphatic rings. The number of guanidine groups is 1. The Kier molecular flexibility index (Phi) is 6.05. The molecule has 1 aromatic carbocycles. The monoisotopic (exact) mass is 482 g/mol. The zero-order valence-electron chi connectivity index (χ0n) is 16.6. The van der Waals surface area contributed by atoms with Crippen LogP contribution in [0.5, 0.6) is 0 Å². The molecule has 0 spiro atoms. The van der Waals surface area contributed by atoms with Gasteiger partial charge in [0.15, 0.2) is 5.96 Å². The van der Waals surface area contributed by atoms with Gasteiger partial charge in [-0.05, 0) is 31.4 Å². The van der Waals surface area contributed by atoms with Crippen LogP contribution in [0.2, 0.25) is 0 Å². The Hall–Kier alpha value is -1.28. The summed E-state index contributed by atoms with van der Waals surface area (Å²) in [6.07, 6.45) is 2.52. The molecule has 6 heteroatoms. The lowest BCUT2D eigenvalue weighted by Crippen LogP contribution is -2.68. The standard InChI is InChI=1S/C21H30N4O.HI/c1-13-14(15-7-5-6-8-17(15)24-13)9-11-23-20(22-4)25-18-16-10-12-26-19(16)21(18,2)3;/h5-8,16,18-19,24H,9-12H2,1-4H3,(H2,22,23,25);1H. The molecule has 27 heavy (non-hydrogen) atoms. The zero-order valence-corrected chi connectivity index (χ0v) is 19.0. The van der Waals surface area contributed by atoms with Gasteiger partial charge in [0, 0.05) is 54.2 Å². The highest BCUT2D eigenvalue weighted by Gasteiger charge is 2.59. The fourth-order valence-corrected chi connectivity index (χ4v) is 4.92. The third kappa shape index (κ3) is 3.58. The molecule has 0 bridgehead atoms. The molecule has 4 rings (SSSR count). The SMILES string of the molecule is CN=C(NCCc1c(C)[nH]c2ccccc12)NC1C2CCOC2C1(C)C.I. The van der Waals surface area contributed by atoms with Crippen molar-refractivity contribution in [1.82, 2.24) is 15.6 Å². The van der Waals surface area contributed by atoms with Gasteiger partial charge in [0.25, 0.3) is 0 Å². The van der Waals surface area contributed by atoms with E-state index in [1.165, 1.54) is 22.2 Å². The number of fused-ring (bicyclic) bond motifs is 2. The predicted molar refractivity (Wildman–Crippen MR) is 122 cm³/mol. The maximum atomic E-state index is 5.89. The number of aromatic amines is 1. The molecule has 5 nitrogen and oxygen atoms in total. The number of rotatable bonds is 4. The first kappa shape index (κ1) is 20.5. The molecule has 2 aromatic rings. The number of hydrogen-bond acceptors (Lipinski definition) is 2. The maximum Gasteiger partial charge on any atom is 0.191 e. The van der Waals surface area contributed by atoms with Crippen molar-refractivity contribution in [2.45, 2.75) is 45.8 Å². The van der Waals surface area contributed by atoms with Crippen LogP contribution in [0, 0.1) is 18.3 Å². The molecule has 1 aliphatic carbocycles. The van der Waals surface area contributed by atoms with Crippen molar-refractivity contribution in [3.63, 3.8) is 0 Å². The van der Waals surface area contributed by atoms with E-state index in [0.717, 1.165) is 32.0 Å². The molecule has 148 valence electrons. The van der Waals surface area contributed by atoms with Crippen molar-refractivity contribution in [3.8, 4) is 0 Å². The first-order valence-corrected chi connectivity index (χ1v) is 9.67. The number of para-hydroxylation sites is 1. The van der Waals surface area contributed by atoms with E-state index in [1.807, 2.05) is 7.05 Å². The van der Waals surface area contributed by atoms with Gasteiger partial charge in [0.2, 0.25) is 0 Å². The molecule has 2 heterocycles. The van der Waals surface area contributed by atoms with Gasteiger partial charge in [-0.25, -0.2) is 0 Å². The summed E-state index contributed by atoms with van der Waals surface area (Å²) in [5.74, 6) is 1.50. The van der Waals surface area contributed by atoms with Gasteiger partial charge in [-0.2, -0.15) is 0 Å². The third-order valence-corrected chi connectivity index (χ3v) is 6.31. The zero-order chi connectivity index (χ0) is 18.3. The Bertz CT molecular complexity index is 829. The van der Waals surface area contributed by atoms with Crippen LogP contribution in [-0.4, -0.2) is 43.3 Å². The first-order chi connectivity index (χ1) is 12.5. The number of aliphatic imine (C=N–C) groups is 1. The van der Waals surface area contributed by atoms with E-state index in [0.29, 0.717) is 18.1 Å². The van der Waals surface area contributed by atoms with Gasteiger partial charge >= 0.3 is 0 Å². The highest BCUT2D eigenvalue weighted by atomic mass is 127. The van der Waals surface area contributed by atoms with Crippen molar-refractivity contribution in [3.05, 3.63) is 35.5 Å². The van der Waals surface area contributed by atoms with E-state index in [-0.39, 0.29) is 29.4 Å². The van der Waals surface area contributed by atoms with Crippen LogP contribution in [0.1, 0.15) is 31.5 Å². The smallest absolute Gasteiger partial charge is 0.191 e. The van der Waals surface area contributed by atoms with Crippen LogP contribution in [0.15, 0.2) is 29.3 Å². The Labute approximate surface area is 178 Å². The van der Waals surface area contributed by atoms with Crippen molar-refractivity contribution >= 4 is 40.8 Å². The fourth-order valence-electron chi connectivity index (χ4n) is 4.92. The first-order valence-electron chi connectivity index (χ1n) is 9.67. The molecule has 1 aliphatic heterocycles. The summed E-state index contributed by atoms with van der Waals surface area (Å²) in [6.45, 7) is 8.49. The lowest BCUT2D eigenvalue weighted by Gasteiger charge is -2.54. The summed E-state index contributed by atoms with van der Waals surface area (Å²) < 4.78 is 5.89. The van der Waals surface area contributed by atoms with E-state index in [4.69, 9.17) is 4.74 Å². The second kappa shape index (κ2) is 7.99. The minimum absolute atomic E-state index is 0. The minimum Gasteiger partial charge on any atom is -0.377 e. The van der Waals surface area contributed by atoms with Gasteiger partial charge in [0.1, 0.15) is 0 Å². The molecule has 0 radical (unpaired) electrons. The average molecular weight is 482 g/mol. The third-order valence-electron chi connectivity index (χ3n) is 6.31. The highest BCUT2D eigenvalue weighted by molar-refractivity contribution is 14.0. The number of hydrogen-bond donors (Lipinski definition) is 3. The lowest BCUT2D eigenvalue weighted by atomic mass is 9.57. The Morgan fingerprint density at radius 1 is 1.33 bits per heavy atom. The second-order valence-corrected chi connectivity index (χ2v) is 8.21. The Balaban J connectivity index is 0.00000210. The quantitative estimate of drug-likeness (QED) is 0.355. The van der Waals surface area contributed by atoms with E-state index in [1.54, 1.807) is 0 Å². The lowest BCUT2D eigenvalue weighted by molar-refractivity contribution is -0.106. The van der Waals surface area contributed by atoms with E-state index < -0.39 is 0 Å². The average Bonchev–Trinajstić information content (AvgIpc) is 3.21. The number of aromatic nitrogens is 1. The number of ether oxygens (including phenoxy) is 1. The summed E-state index contributed by atoms with van der Waals surface area (Å²) in [6, 6.07) is 8.94. The Morgan fingerprint density at radius 2 is 2.11 bits per heavy atom. The van der Waals surface area contributed by atoms with Gasteiger partial charge in [-0.1, -0.05) is 32.0 Å². The van der Waals surface area contributed by atoms with Crippen molar-refractivity contribution < 1.29 is 4.74 Å². The van der Waals surface area contributed by atoms with E-state index in [2.05, 4.69) is 65.6 Å². The van der Waals surface area contributed by atoms with Crippen molar-refractivity contribution in [2.75, 3.05) is 20.2 Å². The number of aryl methyl sites for hydroxylation is 1. The van der Waals surface area contributed by atoms with Gasteiger partial charge in [-0.15, -0.1) is 24.0 Å². The molecular formula is C21H31IN4O. The largest absolute Gasteiger partial charge is 0.377 e. The highest BCUT2D eigenvalue weighted by Crippen LogP contribution is 2.52. The van der Waals surface area contributed by atoms with Gasteiger partial charge in [-0.3, -0.25) is 4.99 Å². The van der Waals surface area contributed by atoms with Crippen LogP contribution in [0.4, 0.5) is 0 Å². The van der Waals surface area contributed by atoms with Crippen LogP contribution in [-0.2, 0) is 11.2 Å². The summed E-state index contributed by atoms with van der Waals surface area (Å²) in [5, 5.41) is 8.47. The van der Waals surface area contributed by atoms with Crippen LogP contribution in [0.3, 0.4) is 0 Å². The second-order valence-electron chi connectivity index (χ2n) is 8.21. The van der Waals surface area contributed by atoms with Crippen molar-refractivity contribution in [1.29, 1.82) is 0 Å². The molecule has 3 atom stereocenters. The molecule has 1 aromatic heterocycles. The summed E-state index contributed by atoms with van der Waals surface area (Å²) >= 11 is 0. The summed E-state index contributed by atoms with van der Waals surface area (Å²) in [4.78, 5) is 7.92. The van der Waals surface area contributed by atoms with Gasteiger partial charge < -0.3 is 20.4 Å². The number of nitrogens with one attached hydrogen (secondary N) is 3. The summed E-state index contributed by atoms with van der Waals surface area (Å²) in [7, 11) is 1.85. The normalized spacial score (nSPS) is 26.2. The van der Waals surface area contributed by atoms with Crippen LogP contribution < -0.4 is 10.6 Å². The molecule has 0 amide bonds. The molecular weight excluding hydrogens is 451 g/mol. The Morgan fingerprint density at radius 3 is 2.89 bits per heavy atom. The number of nitrogens with zero attached hydrogens (tertiary/aromatic N) is 1. The number of H-pyrrole nitrogens is 1. The van der Waals surface area contributed by atoms with E-state index >= 15 is 0 Å². The van der Waals surface area contributed by atoms with Crippen molar-refractivity contribution in [2.24, 2.45) is 16.3 Å². The van der Waals surface area contributed by atoms with E-state index in [9.17, 15) is 0 Å².